The Morgan fingerprint density at radius 1 is 1.67 bits per heavy atom. The summed E-state index contributed by atoms with van der Waals surface area (Å²) in [6.07, 6.45) is 0. The van der Waals surface area contributed by atoms with Crippen molar-refractivity contribution in [3.63, 3.8) is 0 Å². The van der Waals surface area contributed by atoms with Gasteiger partial charge in [0.2, 0.25) is 0 Å². The van der Waals surface area contributed by atoms with E-state index in [4.69, 9.17) is 10.5 Å². The van der Waals surface area contributed by atoms with Gasteiger partial charge in [0.25, 0.3) is 0 Å². The summed E-state index contributed by atoms with van der Waals surface area (Å²) in [5.41, 5.74) is 6.16. The van der Waals surface area contributed by atoms with Gasteiger partial charge in [-0.25, -0.2) is 9.18 Å². The molecule has 0 aliphatic heterocycles. The average Bonchev–Trinajstić information content (AvgIpc) is 2.17. The maximum absolute atomic E-state index is 12.8. The van der Waals surface area contributed by atoms with Crippen LogP contribution in [-0.2, 0) is 9.53 Å². The number of halogens is 2. The summed E-state index contributed by atoms with van der Waals surface area (Å²) in [6.45, 7) is 1.97. The predicted octanol–water partition coefficient (Wildman–Crippen LogP) is 2.15. The number of esters is 1. The van der Waals surface area contributed by atoms with Gasteiger partial charge >= 0.3 is 5.97 Å². The summed E-state index contributed by atoms with van der Waals surface area (Å²) in [7, 11) is 0. The first kappa shape index (κ1) is 12.1. The number of carbonyl (C=O) groups excluding carboxylic acids is 1. The highest BCUT2D eigenvalue weighted by molar-refractivity contribution is 9.10. The molecule has 1 atom stereocenters. The normalized spacial score (nSPS) is 12.3. The van der Waals surface area contributed by atoms with Crippen LogP contribution in [-0.4, -0.2) is 12.6 Å². The molecule has 0 saturated heterocycles. The lowest BCUT2D eigenvalue weighted by Gasteiger charge is -2.12. The number of benzene rings is 1. The van der Waals surface area contributed by atoms with Crippen LogP contribution in [0.3, 0.4) is 0 Å². The van der Waals surface area contributed by atoms with Crippen molar-refractivity contribution in [2.24, 2.45) is 5.73 Å². The third-order valence-corrected chi connectivity index (χ3v) is 2.52. The highest BCUT2D eigenvalue weighted by atomic mass is 79.9. The minimum absolute atomic E-state index is 0.269. The van der Waals surface area contributed by atoms with Crippen LogP contribution in [0.2, 0.25) is 0 Å². The van der Waals surface area contributed by atoms with Crippen molar-refractivity contribution >= 4 is 21.9 Å². The lowest BCUT2D eigenvalue weighted by Crippen LogP contribution is -2.24. The maximum atomic E-state index is 12.8. The van der Waals surface area contributed by atoms with E-state index in [-0.39, 0.29) is 12.4 Å². The molecular weight excluding hydrogens is 265 g/mol. The fourth-order valence-electron chi connectivity index (χ4n) is 1.11. The van der Waals surface area contributed by atoms with Gasteiger partial charge in [0.15, 0.2) is 0 Å². The molecule has 1 aromatic rings. The Kier molecular flexibility index (Phi) is 4.23. The predicted molar refractivity (Wildman–Crippen MR) is 57.7 cm³/mol. The number of ether oxygens (including phenoxy) is 1. The van der Waals surface area contributed by atoms with Crippen LogP contribution in [0.15, 0.2) is 22.7 Å². The van der Waals surface area contributed by atoms with E-state index in [0.717, 1.165) is 0 Å². The smallest absolute Gasteiger partial charge is 0.327 e. The molecule has 0 radical (unpaired) electrons. The Labute approximate surface area is 95.5 Å². The van der Waals surface area contributed by atoms with Gasteiger partial charge in [0, 0.05) is 4.47 Å². The molecule has 3 nitrogen and oxygen atoms in total. The van der Waals surface area contributed by atoms with Crippen molar-refractivity contribution in [3.05, 3.63) is 34.1 Å². The number of carbonyl (C=O) groups is 1. The molecular formula is C10H11BrFNO2. The highest BCUT2D eigenvalue weighted by Gasteiger charge is 2.19. The SMILES string of the molecule is CCOC(=O)C(N)c1ccc(F)cc1Br. The van der Waals surface area contributed by atoms with E-state index >= 15 is 0 Å². The first-order valence-electron chi connectivity index (χ1n) is 4.43. The van der Waals surface area contributed by atoms with Crippen molar-refractivity contribution in [2.45, 2.75) is 13.0 Å². The first-order valence-corrected chi connectivity index (χ1v) is 5.22. The standard InChI is InChI=1S/C10H11BrFNO2/c1-2-15-10(14)9(13)7-4-3-6(12)5-8(7)11/h3-5,9H,2,13H2,1H3. The first-order chi connectivity index (χ1) is 7.06. The zero-order valence-corrected chi connectivity index (χ0v) is 9.75. The van der Waals surface area contributed by atoms with Crippen LogP contribution in [0, 0.1) is 5.82 Å². The minimum Gasteiger partial charge on any atom is -0.465 e. The average molecular weight is 276 g/mol. The Bertz CT molecular complexity index is 370. The van der Waals surface area contributed by atoms with Gasteiger partial charge in [-0.15, -0.1) is 0 Å². The Hall–Kier alpha value is -0.940. The van der Waals surface area contributed by atoms with Crippen LogP contribution < -0.4 is 5.73 Å². The molecule has 1 aromatic carbocycles. The van der Waals surface area contributed by atoms with Crippen molar-refractivity contribution in [1.82, 2.24) is 0 Å². The third kappa shape index (κ3) is 3.00. The largest absolute Gasteiger partial charge is 0.465 e. The van der Waals surface area contributed by atoms with E-state index in [0.29, 0.717) is 10.0 Å². The zero-order chi connectivity index (χ0) is 11.4. The molecule has 5 heteroatoms. The molecule has 1 rings (SSSR count). The van der Waals surface area contributed by atoms with Crippen LogP contribution in [0.1, 0.15) is 18.5 Å². The topological polar surface area (TPSA) is 52.3 Å². The van der Waals surface area contributed by atoms with E-state index < -0.39 is 12.0 Å². The zero-order valence-electron chi connectivity index (χ0n) is 8.17. The summed E-state index contributed by atoms with van der Waals surface area (Å²) in [4.78, 5) is 11.3. The fraction of sp³-hybridized carbons (Fsp3) is 0.300. The highest BCUT2D eigenvalue weighted by Crippen LogP contribution is 2.23. The van der Waals surface area contributed by atoms with Crippen molar-refractivity contribution in [1.29, 1.82) is 0 Å². The summed E-state index contributed by atoms with van der Waals surface area (Å²) in [5, 5.41) is 0. The van der Waals surface area contributed by atoms with E-state index in [1.54, 1.807) is 6.92 Å². The van der Waals surface area contributed by atoms with Crippen molar-refractivity contribution in [3.8, 4) is 0 Å². The molecule has 0 aliphatic rings. The molecule has 15 heavy (non-hydrogen) atoms. The van der Waals surface area contributed by atoms with E-state index in [2.05, 4.69) is 15.9 Å². The van der Waals surface area contributed by atoms with E-state index in [9.17, 15) is 9.18 Å². The van der Waals surface area contributed by atoms with Crippen LogP contribution in [0.4, 0.5) is 4.39 Å². The molecule has 0 saturated carbocycles. The van der Waals surface area contributed by atoms with Gasteiger partial charge in [-0.05, 0) is 24.6 Å². The van der Waals surface area contributed by atoms with E-state index in [1.165, 1.54) is 18.2 Å². The molecule has 2 N–H and O–H groups in total. The van der Waals surface area contributed by atoms with Crippen molar-refractivity contribution < 1.29 is 13.9 Å². The molecule has 0 fully saturated rings. The lowest BCUT2D eigenvalue weighted by atomic mass is 10.1. The quantitative estimate of drug-likeness (QED) is 0.860. The summed E-state index contributed by atoms with van der Waals surface area (Å²) in [6, 6.07) is 3.08. The van der Waals surface area contributed by atoms with Crippen molar-refractivity contribution in [2.75, 3.05) is 6.61 Å². The Morgan fingerprint density at radius 3 is 2.87 bits per heavy atom. The van der Waals surface area contributed by atoms with Gasteiger partial charge in [0.1, 0.15) is 11.9 Å². The molecule has 0 aromatic heterocycles. The number of rotatable bonds is 3. The minimum atomic E-state index is -0.889. The van der Waals surface area contributed by atoms with Gasteiger partial charge in [-0.3, -0.25) is 0 Å². The Balaban J connectivity index is 2.91. The van der Waals surface area contributed by atoms with Crippen LogP contribution >= 0.6 is 15.9 Å². The molecule has 0 heterocycles. The molecule has 1 unspecified atom stereocenters. The van der Waals surface area contributed by atoms with Gasteiger partial charge < -0.3 is 10.5 Å². The molecule has 0 bridgehead atoms. The summed E-state index contributed by atoms with van der Waals surface area (Å²) < 4.78 is 18.0. The molecule has 82 valence electrons. The number of hydrogen-bond acceptors (Lipinski definition) is 3. The molecule has 0 aliphatic carbocycles. The second-order valence-electron chi connectivity index (χ2n) is 2.90. The van der Waals surface area contributed by atoms with Gasteiger partial charge in [0.05, 0.1) is 6.61 Å². The maximum Gasteiger partial charge on any atom is 0.327 e. The van der Waals surface area contributed by atoms with Crippen LogP contribution in [0.5, 0.6) is 0 Å². The number of hydrogen-bond donors (Lipinski definition) is 1. The summed E-state index contributed by atoms with van der Waals surface area (Å²) >= 11 is 3.14. The third-order valence-electron chi connectivity index (χ3n) is 1.84. The van der Waals surface area contributed by atoms with E-state index in [1.807, 2.05) is 0 Å². The fourth-order valence-corrected chi connectivity index (χ4v) is 1.71. The van der Waals surface area contributed by atoms with Crippen LogP contribution in [0.25, 0.3) is 0 Å². The molecule has 0 amide bonds. The number of nitrogens with two attached hydrogens (primary N) is 1. The molecule has 0 spiro atoms. The monoisotopic (exact) mass is 275 g/mol. The van der Waals surface area contributed by atoms with Gasteiger partial charge in [-0.2, -0.15) is 0 Å². The van der Waals surface area contributed by atoms with Gasteiger partial charge in [-0.1, -0.05) is 22.0 Å². The Morgan fingerprint density at radius 2 is 2.33 bits per heavy atom. The second-order valence-corrected chi connectivity index (χ2v) is 3.75. The second kappa shape index (κ2) is 5.23. The lowest BCUT2D eigenvalue weighted by molar-refractivity contribution is -0.144. The summed E-state index contributed by atoms with van der Waals surface area (Å²) in [5.74, 6) is -0.911.